The summed E-state index contributed by atoms with van der Waals surface area (Å²) in [6.07, 6.45) is -5.85. The number of ether oxygens (including phenoxy) is 7. The van der Waals surface area contributed by atoms with Gasteiger partial charge in [0.15, 0.2) is 23.7 Å². The first kappa shape index (κ1) is 30.0. The molecule has 6 atom stereocenters. The highest BCUT2D eigenvalue weighted by atomic mass is 16.7. The summed E-state index contributed by atoms with van der Waals surface area (Å²) in [6.45, 7) is 3.79. The molecule has 0 aromatic heterocycles. The predicted octanol–water partition coefficient (Wildman–Crippen LogP) is 1.60. The molecular weight excluding hydrogens is 538 g/mol. The number of esters is 4. The minimum atomic E-state index is -1.67. The van der Waals surface area contributed by atoms with E-state index in [9.17, 15) is 34.1 Å². The van der Waals surface area contributed by atoms with Gasteiger partial charge in [-0.05, 0) is 11.6 Å². The Hall–Kier alpha value is -4.53. The number of allylic oxidation sites excluding steroid dienone is 1. The van der Waals surface area contributed by atoms with Gasteiger partial charge >= 0.3 is 29.6 Å². The van der Waals surface area contributed by atoms with Gasteiger partial charge in [0.2, 0.25) is 12.4 Å². The molecule has 3 rings (SSSR count). The van der Waals surface area contributed by atoms with E-state index >= 15 is 0 Å². The standard InChI is InChI=1S/C25H27NO14/c1-12(27)35-11-21-22(36-13(2)28)23(37-14(3)29)24(38-15(4)30)25(40-21)39-19-6-5-16(9-18(19)26(32)33)20-10-17(31)7-8-34-20/h5-9,20-25H,10-11H2,1-4H3/t20?,21-,22-,23+,24-,25-/m1/s1. The number of hydrogen-bond donors (Lipinski definition) is 0. The van der Waals surface area contributed by atoms with Crippen molar-refractivity contribution in [2.75, 3.05) is 6.61 Å². The van der Waals surface area contributed by atoms with Crippen molar-refractivity contribution in [3.05, 3.63) is 46.2 Å². The molecule has 216 valence electrons. The van der Waals surface area contributed by atoms with Gasteiger partial charge in [-0.25, -0.2) is 0 Å². The van der Waals surface area contributed by atoms with E-state index in [1.807, 2.05) is 0 Å². The lowest BCUT2D eigenvalue weighted by atomic mass is 9.98. The molecule has 0 radical (unpaired) electrons. The molecule has 1 fully saturated rings. The highest BCUT2D eigenvalue weighted by Gasteiger charge is 2.53. The van der Waals surface area contributed by atoms with Crippen LogP contribution >= 0.6 is 0 Å². The van der Waals surface area contributed by atoms with Crippen LogP contribution in [-0.2, 0) is 52.4 Å². The van der Waals surface area contributed by atoms with Gasteiger partial charge in [0.1, 0.15) is 18.8 Å². The van der Waals surface area contributed by atoms with E-state index in [1.54, 1.807) is 0 Å². The fourth-order valence-corrected chi connectivity index (χ4v) is 4.09. The lowest BCUT2D eigenvalue weighted by Crippen LogP contribution is -2.63. The van der Waals surface area contributed by atoms with Crippen LogP contribution in [-0.4, -0.2) is 71.9 Å². The Bertz CT molecular complexity index is 1210. The van der Waals surface area contributed by atoms with E-state index in [0.29, 0.717) is 5.56 Å². The van der Waals surface area contributed by atoms with Gasteiger partial charge in [-0.3, -0.25) is 34.1 Å². The number of carbonyl (C=O) groups is 5. The molecule has 1 unspecified atom stereocenters. The third-order valence-electron chi connectivity index (χ3n) is 5.63. The molecule has 0 spiro atoms. The smallest absolute Gasteiger partial charge is 0.311 e. The first-order valence-electron chi connectivity index (χ1n) is 12.0. The predicted molar refractivity (Wildman–Crippen MR) is 128 cm³/mol. The molecule has 0 bridgehead atoms. The average Bonchev–Trinajstić information content (AvgIpc) is 2.85. The second-order valence-electron chi connectivity index (χ2n) is 8.77. The molecule has 1 aromatic carbocycles. The van der Waals surface area contributed by atoms with Crippen molar-refractivity contribution in [1.29, 1.82) is 0 Å². The molecule has 0 amide bonds. The number of nitro groups is 1. The van der Waals surface area contributed by atoms with Gasteiger partial charge in [0, 0.05) is 39.8 Å². The summed E-state index contributed by atoms with van der Waals surface area (Å²) in [5.74, 6) is -3.81. The Morgan fingerprint density at radius 1 is 0.950 bits per heavy atom. The zero-order valence-electron chi connectivity index (χ0n) is 21.9. The van der Waals surface area contributed by atoms with E-state index < -0.39 is 77.9 Å². The maximum atomic E-state index is 12.0. The number of carbonyl (C=O) groups excluding carboxylic acids is 5. The third-order valence-corrected chi connectivity index (χ3v) is 5.63. The zero-order chi connectivity index (χ0) is 29.6. The second-order valence-corrected chi connectivity index (χ2v) is 8.77. The Morgan fingerprint density at radius 3 is 2.15 bits per heavy atom. The van der Waals surface area contributed by atoms with E-state index in [0.717, 1.165) is 33.8 Å². The van der Waals surface area contributed by atoms with E-state index in [4.69, 9.17) is 33.2 Å². The highest BCUT2D eigenvalue weighted by Crippen LogP contribution is 2.37. The Morgan fingerprint density at radius 2 is 1.57 bits per heavy atom. The van der Waals surface area contributed by atoms with Crippen LogP contribution in [0.5, 0.6) is 5.75 Å². The summed E-state index contributed by atoms with van der Waals surface area (Å²) in [4.78, 5) is 70.2. The molecular formula is C25H27NO14. The summed E-state index contributed by atoms with van der Waals surface area (Å²) in [5, 5.41) is 11.9. The number of ketones is 1. The van der Waals surface area contributed by atoms with Gasteiger partial charge in [0.05, 0.1) is 17.6 Å². The highest BCUT2D eigenvalue weighted by molar-refractivity contribution is 5.90. The summed E-state index contributed by atoms with van der Waals surface area (Å²) >= 11 is 0. The first-order chi connectivity index (χ1) is 18.8. The largest absolute Gasteiger partial charge is 0.493 e. The van der Waals surface area contributed by atoms with E-state index in [-0.39, 0.29) is 18.0 Å². The molecule has 0 saturated carbocycles. The van der Waals surface area contributed by atoms with Gasteiger partial charge in [-0.2, -0.15) is 0 Å². The quantitative estimate of drug-likeness (QED) is 0.181. The summed E-state index contributed by atoms with van der Waals surface area (Å²) < 4.78 is 37.9. The van der Waals surface area contributed by atoms with Crippen LogP contribution in [0.15, 0.2) is 30.5 Å². The molecule has 1 aromatic rings. The lowest BCUT2D eigenvalue weighted by molar-refractivity contribution is -0.387. The fourth-order valence-electron chi connectivity index (χ4n) is 4.09. The van der Waals surface area contributed by atoms with Crippen LogP contribution in [0.25, 0.3) is 0 Å². The Labute approximate surface area is 227 Å². The summed E-state index contributed by atoms with van der Waals surface area (Å²) in [6, 6.07) is 3.82. The van der Waals surface area contributed by atoms with Crippen LogP contribution in [0, 0.1) is 10.1 Å². The van der Waals surface area contributed by atoms with Gasteiger partial charge in [-0.1, -0.05) is 6.07 Å². The summed E-state index contributed by atoms with van der Waals surface area (Å²) in [7, 11) is 0. The fraction of sp³-hybridized carbons (Fsp3) is 0.480. The summed E-state index contributed by atoms with van der Waals surface area (Å²) in [5.41, 5.74) is -0.228. The van der Waals surface area contributed by atoms with Crippen molar-refractivity contribution in [2.24, 2.45) is 0 Å². The maximum Gasteiger partial charge on any atom is 0.311 e. The van der Waals surface area contributed by atoms with Crippen LogP contribution in [0.3, 0.4) is 0 Å². The number of rotatable bonds is 9. The van der Waals surface area contributed by atoms with Crippen LogP contribution < -0.4 is 4.74 Å². The zero-order valence-corrected chi connectivity index (χ0v) is 21.9. The Balaban J connectivity index is 2.02. The number of hydrogen-bond acceptors (Lipinski definition) is 14. The molecule has 0 N–H and O–H groups in total. The second kappa shape index (κ2) is 13.0. The van der Waals surface area contributed by atoms with E-state index in [2.05, 4.69) is 0 Å². The van der Waals surface area contributed by atoms with Gasteiger partial charge in [0.25, 0.3) is 0 Å². The van der Waals surface area contributed by atoms with Crippen molar-refractivity contribution >= 4 is 35.3 Å². The molecule has 2 heterocycles. The number of benzene rings is 1. The minimum absolute atomic E-state index is 0.0342. The maximum absolute atomic E-state index is 12.0. The average molecular weight is 565 g/mol. The van der Waals surface area contributed by atoms with Crippen molar-refractivity contribution in [3.63, 3.8) is 0 Å². The molecule has 1 saturated heterocycles. The molecule has 15 nitrogen and oxygen atoms in total. The van der Waals surface area contributed by atoms with Gasteiger partial charge < -0.3 is 33.2 Å². The number of nitrogens with zero attached hydrogens (tertiary/aromatic N) is 1. The molecule has 2 aliphatic rings. The molecule has 40 heavy (non-hydrogen) atoms. The minimum Gasteiger partial charge on any atom is -0.493 e. The number of nitro benzene ring substituents is 1. The van der Waals surface area contributed by atoms with Crippen molar-refractivity contribution in [2.45, 2.75) is 70.9 Å². The Kier molecular flexibility index (Phi) is 9.77. The van der Waals surface area contributed by atoms with Crippen LogP contribution in [0.4, 0.5) is 5.69 Å². The van der Waals surface area contributed by atoms with Crippen molar-refractivity contribution in [1.82, 2.24) is 0 Å². The van der Waals surface area contributed by atoms with E-state index in [1.165, 1.54) is 24.5 Å². The topological polar surface area (TPSA) is 193 Å². The van der Waals surface area contributed by atoms with Crippen molar-refractivity contribution < 1.29 is 62.1 Å². The van der Waals surface area contributed by atoms with Crippen LogP contribution in [0.2, 0.25) is 0 Å². The molecule has 15 heteroatoms. The molecule has 2 aliphatic heterocycles. The first-order valence-corrected chi connectivity index (χ1v) is 12.0. The van der Waals surface area contributed by atoms with Gasteiger partial charge in [-0.15, -0.1) is 0 Å². The third kappa shape index (κ3) is 7.75. The van der Waals surface area contributed by atoms with Crippen molar-refractivity contribution in [3.8, 4) is 5.75 Å². The SMILES string of the molecule is CC(=O)OC[C@H]1O[C@@H](Oc2ccc(C3CC(=O)C=CO3)cc2[N+](=O)[O-])[C@H](OC(C)=O)[C@@H](OC(C)=O)[C@@H]1OC(C)=O. The van der Waals surface area contributed by atoms with Crippen LogP contribution in [0.1, 0.15) is 45.8 Å². The normalized spacial score (nSPS) is 25.6. The monoisotopic (exact) mass is 565 g/mol. The lowest BCUT2D eigenvalue weighted by Gasteiger charge is -2.43. The molecule has 0 aliphatic carbocycles.